The lowest BCUT2D eigenvalue weighted by Crippen LogP contribution is -2.27. The van der Waals surface area contributed by atoms with Crippen molar-refractivity contribution in [1.82, 2.24) is 5.32 Å². The first kappa shape index (κ1) is 12.7. The highest BCUT2D eigenvalue weighted by Crippen LogP contribution is 2.27. The summed E-state index contributed by atoms with van der Waals surface area (Å²) in [6.07, 6.45) is 4.23. The summed E-state index contributed by atoms with van der Waals surface area (Å²) < 4.78 is 5.48. The third kappa shape index (κ3) is 1.86. The Balaban J connectivity index is 2.32. The number of hydrogen-bond acceptors (Lipinski definition) is 4. The zero-order valence-electron chi connectivity index (χ0n) is 11.3. The fraction of sp³-hybridized carbons (Fsp3) is 0.333. The number of amides is 1. The minimum absolute atomic E-state index is 0.115. The van der Waals surface area contributed by atoms with E-state index in [0.717, 1.165) is 25.7 Å². The fourth-order valence-corrected chi connectivity index (χ4v) is 2.78. The molecule has 0 aliphatic heterocycles. The first-order chi connectivity index (χ1) is 9.61. The Morgan fingerprint density at radius 1 is 1.25 bits per heavy atom. The Kier molecular flexibility index (Phi) is 2.97. The van der Waals surface area contributed by atoms with E-state index in [2.05, 4.69) is 5.32 Å². The van der Waals surface area contributed by atoms with Crippen molar-refractivity contribution >= 4 is 22.8 Å². The highest BCUT2D eigenvalue weighted by atomic mass is 16.3. The average molecular weight is 272 g/mol. The molecule has 1 aromatic carbocycles. The number of carbonyl (C=O) groups is 1. The van der Waals surface area contributed by atoms with Crippen LogP contribution in [0.4, 0.5) is 5.88 Å². The average Bonchev–Trinajstić information content (AvgIpc) is 2.45. The van der Waals surface area contributed by atoms with E-state index in [0.29, 0.717) is 11.0 Å². The number of benzene rings is 1. The van der Waals surface area contributed by atoms with Crippen LogP contribution >= 0.6 is 0 Å². The SMILES string of the molecule is CNC(=O)c1c(N)oc2cc3c(cc2c1=O)CCCC3. The molecule has 20 heavy (non-hydrogen) atoms. The summed E-state index contributed by atoms with van der Waals surface area (Å²) >= 11 is 0. The third-order valence-corrected chi connectivity index (χ3v) is 3.84. The van der Waals surface area contributed by atoms with Crippen LogP contribution < -0.4 is 16.5 Å². The lowest BCUT2D eigenvalue weighted by atomic mass is 9.90. The predicted octanol–water partition coefficient (Wildman–Crippen LogP) is 1.61. The Bertz CT molecular complexity index is 762. The Morgan fingerprint density at radius 2 is 1.90 bits per heavy atom. The molecule has 0 fully saturated rings. The second-order valence-electron chi connectivity index (χ2n) is 5.07. The number of aryl methyl sites for hydroxylation is 2. The smallest absolute Gasteiger partial charge is 0.260 e. The summed E-state index contributed by atoms with van der Waals surface area (Å²) in [4.78, 5) is 24.2. The Morgan fingerprint density at radius 3 is 2.55 bits per heavy atom. The molecule has 1 aromatic heterocycles. The zero-order valence-corrected chi connectivity index (χ0v) is 11.3. The van der Waals surface area contributed by atoms with Crippen molar-refractivity contribution in [2.45, 2.75) is 25.7 Å². The summed E-state index contributed by atoms with van der Waals surface area (Å²) in [7, 11) is 1.46. The molecule has 3 N–H and O–H groups in total. The molecule has 2 aromatic rings. The molecule has 0 radical (unpaired) electrons. The van der Waals surface area contributed by atoms with Crippen LogP contribution in [0.15, 0.2) is 21.3 Å². The summed E-state index contributed by atoms with van der Waals surface area (Å²) in [5, 5.41) is 2.84. The van der Waals surface area contributed by atoms with Crippen molar-refractivity contribution in [2.24, 2.45) is 0 Å². The van der Waals surface area contributed by atoms with Crippen LogP contribution in [0.25, 0.3) is 11.0 Å². The number of nitrogens with two attached hydrogens (primary N) is 1. The van der Waals surface area contributed by atoms with E-state index in [-0.39, 0.29) is 16.9 Å². The highest BCUT2D eigenvalue weighted by molar-refractivity contribution is 6.00. The minimum Gasteiger partial charge on any atom is -0.440 e. The quantitative estimate of drug-likeness (QED) is 0.826. The van der Waals surface area contributed by atoms with Gasteiger partial charge >= 0.3 is 0 Å². The van der Waals surface area contributed by atoms with Gasteiger partial charge in [-0.05, 0) is 48.9 Å². The zero-order chi connectivity index (χ0) is 14.3. The molecule has 0 unspecified atom stereocenters. The van der Waals surface area contributed by atoms with Crippen LogP contribution in [0.2, 0.25) is 0 Å². The van der Waals surface area contributed by atoms with Gasteiger partial charge in [-0.25, -0.2) is 0 Å². The van der Waals surface area contributed by atoms with Crippen molar-refractivity contribution in [3.8, 4) is 0 Å². The molecule has 3 rings (SSSR count). The lowest BCUT2D eigenvalue weighted by Gasteiger charge is -2.16. The molecule has 1 aliphatic rings. The molecule has 104 valence electrons. The van der Waals surface area contributed by atoms with Gasteiger partial charge in [-0.1, -0.05) is 0 Å². The Labute approximate surface area is 115 Å². The van der Waals surface area contributed by atoms with Gasteiger partial charge in [0.25, 0.3) is 5.91 Å². The maximum absolute atomic E-state index is 12.4. The van der Waals surface area contributed by atoms with Gasteiger partial charge in [-0.15, -0.1) is 0 Å². The van der Waals surface area contributed by atoms with E-state index in [1.54, 1.807) is 0 Å². The second kappa shape index (κ2) is 4.67. The summed E-state index contributed by atoms with van der Waals surface area (Å²) in [6, 6.07) is 3.73. The van der Waals surface area contributed by atoms with Gasteiger partial charge in [-0.3, -0.25) is 9.59 Å². The van der Waals surface area contributed by atoms with Crippen LogP contribution in [0.3, 0.4) is 0 Å². The molecule has 0 atom stereocenters. The van der Waals surface area contributed by atoms with Crippen LogP contribution in [0.5, 0.6) is 0 Å². The van der Waals surface area contributed by atoms with Crippen molar-refractivity contribution in [1.29, 1.82) is 0 Å². The van der Waals surface area contributed by atoms with Crippen LogP contribution in [0.1, 0.15) is 34.3 Å². The summed E-state index contributed by atoms with van der Waals surface area (Å²) in [5.41, 5.74) is 8.07. The van der Waals surface area contributed by atoms with Gasteiger partial charge < -0.3 is 15.5 Å². The van der Waals surface area contributed by atoms with E-state index in [1.165, 1.54) is 18.2 Å². The molecule has 5 heteroatoms. The third-order valence-electron chi connectivity index (χ3n) is 3.84. The maximum Gasteiger partial charge on any atom is 0.260 e. The second-order valence-corrected chi connectivity index (χ2v) is 5.07. The van der Waals surface area contributed by atoms with Gasteiger partial charge in [0, 0.05) is 7.05 Å². The summed E-state index contributed by atoms with van der Waals surface area (Å²) in [6.45, 7) is 0. The van der Waals surface area contributed by atoms with Crippen LogP contribution in [0, 0.1) is 0 Å². The predicted molar refractivity (Wildman–Crippen MR) is 76.9 cm³/mol. The van der Waals surface area contributed by atoms with Crippen molar-refractivity contribution in [2.75, 3.05) is 12.8 Å². The molecular formula is C15H16N2O3. The van der Waals surface area contributed by atoms with Gasteiger partial charge in [0.05, 0.1) is 5.39 Å². The number of hydrogen-bond donors (Lipinski definition) is 2. The number of anilines is 1. The molecule has 0 bridgehead atoms. The van der Waals surface area contributed by atoms with Gasteiger partial charge in [-0.2, -0.15) is 0 Å². The number of nitrogens with one attached hydrogen (secondary N) is 1. The first-order valence-electron chi connectivity index (χ1n) is 6.72. The molecule has 1 amide bonds. The number of nitrogen functional groups attached to an aromatic ring is 1. The van der Waals surface area contributed by atoms with Gasteiger partial charge in [0.1, 0.15) is 11.1 Å². The van der Waals surface area contributed by atoms with E-state index in [1.807, 2.05) is 12.1 Å². The summed E-state index contributed by atoms with van der Waals surface area (Å²) in [5.74, 6) is -0.645. The number of carbonyl (C=O) groups excluding carboxylic acids is 1. The minimum atomic E-state index is -0.518. The topological polar surface area (TPSA) is 85.3 Å². The van der Waals surface area contributed by atoms with Gasteiger partial charge in [0.2, 0.25) is 11.3 Å². The molecule has 5 nitrogen and oxygen atoms in total. The highest BCUT2D eigenvalue weighted by Gasteiger charge is 2.20. The van der Waals surface area contributed by atoms with Gasteiger partial charge in [0.15, 0.2) is 0 Å². The van der Waals surface area contributed by atoms with E-state index in [9.17, 15) is 9.59 Å². The van der Waals surface area contributed by atoms with E-state index >= 15 is 0 Å². The van der Waals surface area contributed by atoms with Crippen molar-refractivity contribution < 1.29 is 9.21 Å². The Hall–Kier alpha value is -2.30. The lowest BCUT2D eigenvalue weighted by molar-refractivity contribution is 0.0961. The molecule has 1 heterocycles. The number of rotatable bonds is 1. The van der Waals surface area contributed by atoms with E-state index < -0.39 is 5.91 Å². The normalized spacial score (nSPS) is 14.1. The molecule has 0 saturated heterocycles. The monoisotopic (exact) mass is 272 g/mol. The molecular weight excluding hydrogens is 256 g/mol. The maximum atomic E-state index is 12.4. The van der Waals surface area contributed by atoms with E-state index in [4.69, 9.17) is 10.2 Å². The van der Waals surface area contributed by atoms with Crippen LogP contribution in [-0.4, -0.2) is 13.0 Å². The standard InChI is InChI=1S/C15H16N2O3/c1-17-15(19)12-13(18)10-6-8-4-2-3-5-9(8)7-11(10)20-14(12)16/h6-7H,2-5,16H2,1H3,(H,17,19). The largest absolute Gasteiger partial charge is 0.440 e. The number of fused-ring (bicyclic) bond motifs is 2. The first-order valence-corrected chi connectivity index (χ1v) is 6.72. The van der Waals surface area contributed by atoms with Crippen LogP contribution in [-0.2, 0) is 12.8 Å². The van der Waals surface area contributed by atoms with Crippen molar-refractivity contribution in [3.05, 3.63) is 39.0 Å². The fourth-order valence-electron chi connectivity index (χ4n) is 2.78. The molecule has 0 saturated carbocycles. The molecule has 1 aliphatic carbocycles. The molecule has 0 spiro atoms. The van der Waals surface area contributed by atoms with Crippen molar-refractivity contribution in [3.63, 3.8) is 0 Å².